The van der Waals surface area contributed by atoms with Crippen molar-refractivity contribution in [1.29, 1.82) is 0 Å². The van der Waals surface area contributed by atoms with Crippen molar-refractivity contribution >= 4 is 40.2 Å². The first-order valence-electron chi connectivity index (χ1n) is 13.6. The minimum Gasteiger partial charge on any atom is -0.493 e. The van der Waals surface area contributed by atoms with Gasteiger partial charge in [0, 0.05) is 33.7 Å². The van der Waals surface area contributed by atoms with Crippen LogP contribution in [0.1, 0.15) is 39.5 Å². The fourth-order valence-electron chi connectivity index (χ4n) is 5.17. The largest absolute Gasteiger partial charge is 0.493 e. The molecule has 1 heterocycles. The van der Waals surface area contributed by atoms with Gasteiger partial charge in [-0.1, -0.05) is 60.3 Å². The maximum atomic E-state index is 12.9. The SMILES string of the molecule is COc1cc2c(cc1OC)C(Nc1nc(NCc3ccccc3Sc3ccccc3CO)nc3ccccc13)CC2=O. The second-order valence-corrected chi connectivity index (χ2v) is 10.9. The highest BCUT2D eigenvalue weighted by Crippen LogP contribution is 2.41. The number of nitrogens with one attached hydrogen (secondary N) is 2. The van der Waals surface area contributed by atoms with Gasteiger partial charge in [0.1, 0.15) is 5.82 Å². The minimum atomic E-state index is -0.276. The number of methoxy groups -OCH3 is 2. The lowest BCUT2D eigenvalue weighted by molar-refractivity contribution is 0.0990. The minimum absolute atomic E-state index is 0.0122. The van der Waals surface area contributed by atoms with Crippen molar-refractivity contribution in [3.63, 3.8) is 0 Å². The standard InChI is InChI=1S/C33H30N4O4S/c1-40-28-15-23-24(16-29(28)41-2)27(39)17-26(23)35-32-22-11-5-6-12-25(22)36-33(37-32)34-18-20-9-3-7-13-30(20)42-31-14-8-4-10-21(31)19-38/h3-16,26,38H,17-19H2,1-2H3,(H2,34,35,36,37). The highest BCUT2D eigenvalue weighted by molar-refractivity contribution is 7.99. The van der Waals surface area contributed by atoms with Gasteiger partial charge in [0.05, 0.1) is 32.4 Å². The number of fused-ring (bicyclic) bond motifs is 2. The Kier molecular flexibility index (Phi) is 7.94. The number of carbonyl (C=O) groups is 1. The summed E-state index contributed by atoms with van der Waals surface area (Å²) in [7, 11) is 3.15. The van der Waals surface area contributed by atoms with Crippen LogP contribution in [0, 0.1) is 0 Å². The van der Waals surface area contributed by atoms with E-state index in [2.05, 4.69) is 22.8 Å². The van der Waals surface area contributed by atoms with Gasteiger partial charge in [-0.2, -0.15) is 4.98 Å². The highest BCUT2D eigenvalue weighted by atomic mass is 32.2. The summed E-state index contributed by atoms with van der Waals surface area (Å²) in [5.41, 5.74) is 4.23. The summed E-state index contributed by atoms with van der Waals surface area (Å²) < 4.78 is 10.9. The average Bonchev–Trinajstić information content (AvgIpc) is 3.33. The lowest BCUT2D eigenvalue weighted by atomic mass is 10.1. The van der Waals surface area contributed by atoms with Crippen LogP contribution in [0.4, 0.5) is 11.8 Å². The van der Waals surface area contributed by atoms with Crippen molar-refractivity contribution in [2.75, 3.05) is 24.9 Å². The van der Waals surface area contributed by atoms with Crippen molar-refractivity contribution in [3.8, 4) is 11.5 Å². The van der Waals surface area contributed by atoms with Crippen molar-refractivity contribution in [1.82, 2.24) is 9.97 Å². The predicted molar refractivity (Wildman–Crippen MR) is 165 cm³/mol. The maximum absolute atomic E-state index is 12.9. The van der Waals surface area contributed by atoms with E-state index < -0.39 is 0 Å². The van der Waals surface area contributed by atoms with E-state index in [0.29, 0.717) is 41.8 Å². The molecule has 0 fully saturated rings. The van der Waals surface area contributed by atoms with E-state index in [1.165, 1.54) is 0 Å². The number of carbonyl (C=O) groups excluding carboxylic acids is 1. The lowest BCUT2D eigenvalue weighted by Crippen LogP contribution is -2.12. The number of benzene rings is 4. The normalized spacial score (nSPS) is 14.1. The molecule has 0 amide bonds. The molecule has 3 N–H and O–H groups in total. The summed E-state index contributed by atoms with van der Waals surface area (Å²) in [6.45, 7) is 0.492. The molecule has 1 aromatic heterocycles. The summed E-state index contributed by atoms with van der Waals surface area (Å²) in [5, 5.41) is 17.6. The van der Waals surface area contributed by atoms with Gasteiger partial charge in [-0.05, 0) is 53.1 Å². The molecule has 8 nitrogen and oxygen atoms in total. The molecule has 9 heteroatoms. The van der Waals surface area contributed by atoms with Gasteiger partial charge in [0.2, 0.25) is 5.95 Å². The number of Topliss-reactive ketones (excluding diaryl/α,β-unsaturated/α-hetero) is 1. The van der Waals surface area contributed by atoms with E-state index in [1.807, 2.05) is 66.7 Å². The van der Waals surface area contributed by atoms with E-state index in [0.717, 1.165) is 37.4 Å². The van der Waals surface area contributed by atoms with Crippen LogP contribution in [0.25, 0.3) is 10.9 Å². The van der Waals surface area contributed by atoms with Crippen LogP contribution in [0.2, 0.25) is 0 Å². The first kappa shape index (κ1) is 27.6. The van der Waals surface area contributed by atoms with Gasteiger partial charge in [-0.15, -0.1) is 0 Å². The smallest absolute Gasteiger partial charge is 0.225 e. The molecule has 6 rings (SSSR count). The molecule has 1 aliphatic carbocycles. The van der Waals surface area contributed by atoms with E-state index in [1.54, 1.807) is 32.0 Å². The van der Waals surface area contributed by atoms with E-state index in [-0.39, 0.29) is 18.4 Å². The number of para-hydroxylation sites is 1. The maximum Gasteiger partial charge on any atom is 0.225 e. The van der Waals surface area contributed by atoms with Gasteiger partial charge >= 0.3 is 0 Å². The Hall–Kier alpha value is -4.60. The average molecular weight is 579 g/mol. The first-order valence-corrected chi connectivity index (χ1v) is 14.4. The van der Waals surface area contributed by atoms with Crippen LogP contribution < -0.4 is 20.1 Å². The number of aliphatic hydroxyl groups is 1. The third-order valence-corrected chi connectivity index (χ3v) is 8.54. The van der Waals surface area contributed by atoms with Crippen LogP contribution in [0.5, 0.6) is 11.5 Å². The zero-order valence-corrected chi connectivity index (χ0v) is 24.1. The van der Waals surface area contributed by atoms with Gasteiger partial charge in [-0.3, -0.25) is 4.79 Å². The Morgan fingerprint density at radius 3 is 2.31 bits per heavy atom. The molecule has 0 aliphatic heterocycles. The van der Waals surface area contributed by atoms with Gasteiger partial charge in [0.25, 0.3) is 0 Å². The Labute approximate surface area is 248 Å². The Balaban J connectivity index is 1.28. The number of ketones is 1. The lowest BCUT2D eigenvalue weighted by Gasteiger charge is -2.18. The second-order valence-electron chi connectivity index (χ2n) is 9.86. The second kappa shape index (κ2) is 12.1. The van der Waals surface area contributed by atoms with Crippen molar-refractivity contribution < 1.29 is 19.4 Å². The fraction of sp³-hybridized carbons (Fsp3) is 0.182. The first-order chi connectivity index (χ1) is 20.6. The van der Waals surface area contributed by atoms with Crippen LogP contribution in [-0.4, -0.2) is 35.1 Å². The molecule has 212 valence electrons. The van der Waals surface area contributed by atoms with Gasteiger partial charge < -0.3 is 25.2 Å². The van der Waals surface area contributed by atoms with Crippen LogP contribution in [0.3, 0.4) is 0 Å². The fourth-order valence-corrected chi connectivity index (χ4v) is 6.23. The molecule has 4 aromatic carbocycles. The molecule has 42 heavy (non-hydrogen) atoms. The molecule has 1 unspecified atom stereocenters. The van der Waals surface area contributed by atoms with E-state index >= 15 is 0 Å². The number of hydrogen-bond acceptors (Lipinski definition) is 9. The Morgan fingerprint density at radius 1 is 0.881 bits per heavy atom. The number of anilines is 2. The molecule has 0 spiro atoms. The highest BCUT2D eigenvalue weighted by Gasteiger charge is 2.32. The Bertz CT molecular complexity index is 1780. The third-order valence-electron chi connectivity index (χ3n) is 7.31. The van der Waals surface area contributed by atoms with Crippen LogP contribution in [-0.2, 0) is 13.2 Å². The molecule has 1 atom stereocenters. The van der Waals surface area contributed by atoms with Crippen molar-refractivity contribution in [2.24, 2.45) is 0 Å². The monoisotopic (exact) mass is 578 g/mol. The molecule has 0 radical (unpaired) electrons. The van der Waals surface area contributed by atoms with Crippen LogP contribution in [0.15, 0.2) is 94.7 Å². The molecule has 1 aliphatic rings. The molecule has 0 saturated heterocycles. The number of ether oxygens (including phenoxy) is 2. The quantitative estimate of drug-likeness (QED) is 0.168. The third kappa shape index (κ3) is 5.48. The zero-order valence-electron chi connectivity index (χ0n) is 23.3. The van der Waals surface area contributed by atoms with E-state index in [4.69, 9.17) is 19.4 Å². The summed E-state index contributed by atoms with van der Waals surface area (Å²) in [5.74, 6) is 2.26. The van der Waals surface area contributed by atoms with Crippen LogP contribution >= 0.6 is 11.8 Å². The molecule has 0 bridgehead atoms. The number of nitrogens with zero attached hydrogens (tertiary/aromatic N) is 2. The molecular formula is C33H30N4O4S. The summed E-state index contributed by atoms with van der Waals surface area (Å²) in [6, 6.07) is 27.2. The number of rotatable bonds is 10. The predicted octanol–water partition coefficient (Wildman–Crippen LogP) is 6.64. The number of aliphatic hydroxyl groups excluding tert-OH is 1. The van der Waals surface area contributed by atoms with Gasteiger partial charge in [-0.25, -0.2) is 4.98 Å². The number of hydrogen-bond donors (Lipinski definition) is 3. The zero-order chi connectivity index (χ0) is 29.1. The summed E-state index contributed by atoms with van der Waals surface area (Å²) in [4.78, 5) is 24.6. The van der Waals surface area contributed by atoms with E-state index in [9.17, 15) is 9.90 Å². The van der Waals surface area contributed by atoms with Gasteiger partial charge in [0.15, 0.2) is 17.3 Å². The molecular weight excluding hydrogens is 548 g/mol. The van der Waals surface area contributed by atoms with Crippen molar-refractivity contribution in [2.45, 2.75) is 35.4 Å². The summed E-state index contributed by atoms with van der Waals surface area (Å²) in [6.07, 6.45) is 0.298. The van der Waals surface area contributed by atoms with Crippen molar-refractivity contribution in [3.05, 3.63) is 107 Å². The topological polar surface area (TPSA) is 106 Å². The number of aromatic nitrogens is 2. The Morgan fingerprint density at radius 2 is 1.55 bits per heavy atom. The summed E-state index contributed by atoms with van der Waals surface area (Å²) >= 11 is 1.62. The molecule has 0 saturated carbocycles. The molecule has 5 aromatic rings.